The second-order valence-corrected chi connectivity index (χ2v) is 9.20. The van der Waals surface area contributed by atoms with E-state index in [1.165, 1.54) is 12.1 Å². The summed E-state index contributed by atoms with van der Waals surface area (Å²) in [5.74, 6) is -0.501. The largest absolute Gasteiger partial charge is 0.417 e. The maximum absolute atomic E-state index is 14.5. The van der Waals surface area contributed by atoms with Crippen molar-refractivity contribution in [1.82, 2.24) is 19.7 Å². The molecule has 0 spiro atoms. The van der Waals surface area contributed by atoms with Gasteiger partial charge in [-0.05, 0) is 36.8 Å². The van der Waals surface area contributed by atoms with Crippen molar-refractivity contribution in [3.8, 4) is 22.6 Å². The number of imidazole rings is 1. The number of benzene rings is 2. The van der Waals surface area contributed by atoms with E-state index in [-0.39, 0.29) is 45.6 Å². The van der Waals surface area contributed by atoms with Crippen molar-refractivity contribution in [3.63, 3.8) is 0 Å². The van der Waals surface area contributed by atoms with Crippen molar-refractivity contribution in [2.24, 2.45) is 7.05 Å². The van der Waals surface area contributed by atoms with Gasteiger partial charge < -0.3 is 4.98 Å². The molecule has 1 N–H and O–H groups in total. The summed E-state index contributed by atoms with van der Waals surface area (Å²) in [6.45, 7) is 8.11. The number of hydrogen-bond acceptors (Lipinski definition) is 2. The van der Waals surface area contributed by atoms with E-state index >= 15 is 0 Å². The van der Waals surface area contributed by atoms with Crippen LogP contribution in [-0.4, -0.2) is 49.3 Å². The molecule has 4 nitrogen and oxygen atoms in total. The quantitative estimate of drug-likeness (QED) is 0.253. The summed E-state index contributed by atoms with van der Waals surface area (Å²) >= 11 is 6.38. The molecule has 0 aliphatic heterocycles. The zero-order valence-corrected chi connectivity index (χ0v) is 21.9. The fourth-order valence-electron chi connectivity index (χ4n) is 4.06. The van der Waals surface area contributed by atoms with Crippen molar-refractivity contribution in [3.05, 3.63) is 58.0 Å². The normalized spacial score (nSPS) is 12.3. The predicted octanol–water partition coefficient (Wildman–Crippen LogP) is 6.67. The molecule has 0 atom stereocenters. The fraction of sp³-hybridized carbons (Fsp3) is 0.304. The van der Waals surface area contributed by atoms with Gasteiger partial charge in [-0.3, -0.25) is 4.68 Å². The molecule has 169 valence electrons. The van der Waals surface area contributed by atoms with Crippen molar-refractivity contribution in [2.45, 2.75) is 39.3 Å². The maximum Gasteiger partial charge on any atom is 0.417 e. The van der Waals surface area contributed by atoms with E-state index < -0.39 is 23.1 Å². The second kappa shape index (κ2) is 8.73. The number of aromatic nitrogens is 4. The Morgan fingerprint density at radius 3 is 2.33 bits per heavy atom. The van der Waals surface area contributed by atoms with Gasteiger partial charge >= 0.3 is 6.18 Å². The van der Waals surface area contributed by atoms with Crippen LogP contribution < -0.4 is 0 Å². The Balaban J connectivity index is 0.00000306. The zero-order valence-electron chi connectivity index (χ0n) is 19.1. The van der Waals surface area contributed by atoms with E-state index in [1.807, 2.05) is 6.92 Å². The zero-order chi connectivity index (χ0) is 23.6. The van der Waals surface area contributed by atoms with Crippen LogP contribution in [0.15, 0.2) is 30.3 Å². The first kappa shape index (κ1) is 25.7. The van der Waals surface area contributed by atoms with Crippen molar-refractivity contribution >= 4 is 52.2 Å². The Morgan fingerprint density at radius 1 is 1.09 bits per heavy atom. The van der Waals surface area contributed by atoms with E-state index in [4.69, 9.17) is 11.6 Å². The first-order chi connectivity index (χ1) is 14.8. The van der Waals surface area contributed by atoms with Crippen LogP contribution in [0.1, 0.15) is 37.6 Å². The summed E-state index contributed by atoms with van der Waals surface area (Å²) in [6.07, 6.45) is -4.72. The number of rotatable bonds is 2. The van der Waals surface area contributed by atoms with Crippen molar-refractivity contribution in [2.75, 3.05) is 0 Å². The van der Waals surface area contributed by atoms with Gasteiger partial charge in [-0.1, -0.05) is 38.4 Å². The molecule has 2 heterocycles. The van der Waals surface area contributed by atoms with Crippen LogP contribution in [0.25, 0.3) is 33.7 Å². The molecule has 33 heavy (non-hydrogen) atoms. The van der Waals surface area contributed by atoms with Gasteiger partial charge in [0.05, 0.1) is 21.8 Å². The predicted molar refractivity (Wildman–Crippen MR) is 123 cm³/mol. The summed E-state index contributed by atoms with van der Waals surface area (Å²) in [5.41, 5.74) is 1.58. The number of aryl methyl sites for hydroxylation is 1. The van der Waals surface area contributed by atoms with Gasteiger partial charge in [0.1, 0.15) is 17.0 Å². The molecule has 0 aliphatic rings. The van der Waals surface area contributed by atoms with Crippen molar-refractivity contribution < 1.29 is 17.6 Å². The molecule has 0 bridgehead atoms. The molecule has 2 aromatic heterocycles. The number of aromatic amines is 1. The number of alkyl halides is 3. The number of hydrogen-bond donors (Lipinski definition) is 1. The molecular formula is C23H21ClF4N4Na. The Kier molecular flexibility index (Phi) is 6.81. The van der Waals surface area contributed by atoms with E-state index in [1.54, 1.807) is 11.7 Å². The molecule has 0 unspecified atom stereocenters. The van der Waals surface area contributed by atoms with E-state index in [2.05, 4.69) is 35.8 Å². The minimum Gasteiger partial charge on any atom is -0.337 e. The Morgan fingerprint density at radius 2 is 1.76 bits per heavy atom. The topological polar surface area (TPSA) is 46.5 Å². The van der Waals surface area contributed by atoms with E-state index in [0.717, 1.165) is 35.2 Å². The minimum absolute atomic E-state index is 0. The Labute approximate surface area is 215 Å². The Bertz CT molecular complexity index is 1350. The smallest absolute Gasteiger partial charge is 0.337 e. The first-order valence-corrected chi connectivity index (χ1v) is 10.3. The minimum atomic E-state index is -4.72. The first-order valence-electron chi connectivity index (χ1n) is 9.89. The maximum atomic E-state index is 14.5. The Hall–Kier alpha value is -1.87. The molecule has 0 saturated carbocycles. The number of fused-ring (bicyclic) bond motifs is 1. The van der Waals surface area contributed by atoms with E-state index in [9.17, 15) is 17.6 Å². The summed E-state index contributed by atoms with van der Waals surface area (Å²) in [5, 5.41) is 4.73. The molecule has 0 amide bonds. The van der Waals surface area contributed by atoms with Gasteiger partial charge in [-0.15, -0.1) is 0 Å². The van der Waals surface area contributed by atoms with Gasteiger partial charge in [0.25, 0.3) is 0 Å². The standard InChI is InChI=1S/C23H21ClF4N4.Na/c1-11-19(32(5)31-20(11)22(2,3)4)21-29-16-10-12(9-14(24)18(16)30-21)17-13(23(26,27)28)7-6-8-15(17)25;/h6-10H,1-5H3,(H,29,30);. The fourth-order valence-corrected chi connectivity index (χ4v) is 4.32. The van der Waals surface area contributed by atoms with Crippen LogP contribution >= 0.6 is 11.6 Å². The molecule has 0 fully saturated rings. The van der Waals surface area contributed by atoms with Crippen LogP contribution in [-0.2, 0) is 18.6 Å². The van der Waals surface area contributed by atoms with Crippen LogP contribution in [0.5, 0.6) is 0 Å². The van der Waals surface area contributed by atoms with E-state index in [0.29, 0.717) is 16.9 Å². The SMILES string of the molecule is Cc1c(C(C)(C)C)nn(C)c1-c1nc2c(Cl)cc(-c3c(F)cccc3C(F)(F)F)cc2[nH]1.[Na]. The van der Waals surface area contributed by atoms with Crippen molar-refractivity contribution in [1.29, 1.82) is 0 Å². The third-order valence-corrected chi connectivity index (χ3v) is 5.65. The van der Waals surface area contributed by atoms with Crippen LogP contribution in [0, 0.1) is 12.7 Å². The molecule has 10 heteroatoms. The number of nitrogens with one attached hydrogen (secondary N) is 1. The summed E-state index contributed by atoms with van der Waals surface area (Å²) in [6, 6.07) is 5.62. The molecule has 0 saturated heterocycles. The summed E-state index contributed by atoms with van der Waals surface area (Å²) in [7, 11) is 1.80. The van der Waals surface area contributed by atoms with Gasteiger partial charge in [0.2, 0.25) is 0 Å². The van der Waals surface area contributed by atoms with Gasteiger partial charge in [0, 0.05) is 53.1 Å². The number of nitrogens with zero attached hydrogens (tertiary/aromatic N) is 3. The summed E-state index contributed by atoms with van der Waals surface area (Å²) < 4.78 is 56.8. The summed E-state index contributed by atoms with van der Waals surface area (Å²) in [4.78, 5) is 7.69. The van der Waals surface area contributed by atoms with Crippen LogP contribution in [0.3, 0.4) is 0 Å². The third kappa shape index (κ3) is 4.58. The molecule has 4 rings (SSSR count). The van der Waals surface area contributed by atoms with Gasteiger partial charge in [0.15, 0.2) is 5.82 Å². The second-order valence-electron chi connectivity index (χ2n) is 8.80. The van der Waals surface area contributed by atoms with Gasteiger partial charge in [-0.2, -0.15) is 18.3 Å². The average molecular weight is 488 g/mol. The number of H-pyrrole nitrogens is 1. The van der Waals surface area contributed by atoms with Crippen LogP contribution in [0.4, 0.5) is 17.6 Å². The molecular weight excluding hydrogens is 467 g/mol. The molecule has 2 aromatic carbocycles. The molecule has 1 radical (unpaired) electrons. The van der Waals surface area contributed by atoms with Crippen LogP contribution in [0.2, 0.25) is 5.02 Å². The molecule has 0 aliphatic carbocycles. The average Bonchev–Trinajstić information content (AvgIpc) is 3.21. The monoisotopic (exact) mass is 487 g/mol. The molecule has 4 aromatic rings. The third-order valence-electron chi connectivity index (χ3n) is 5.37. The van der Waals surface area contributed by atoms with Gasteiger partial charge in [-0.25, -0.2) is 9.37 Å². The number of halogens is 5.